The van der Waals surface area contributed by atoms with E-state index in [4.69, 9.17) is 9.72 Å². The Bertz CT molecular complexity index is 944. The van der Waals surface area contributed by atoms with Gasteiger partial charge in [-0.15, -0.1) is 11.3 Å². The van der Waals surface area contributed by atoms with Crippen LogP contribution in [0.5, 0.6) is 5.75 Å². The molecule has 5 heteroatoms. The number of hydrogen-bond donors (Lipinski definition) is 0. The molecule has 0 saturated carbocycles. The molecule has 0 bridgehead atoms. The third-order valence-corrected chi connectivity index (χ3v) is 4.38. The highest BCUT2D eigenvalue weighted by atomic mass is 32.1. The Labute approximate surface area is 138 Å². The topological polar surface area (TPSA) is 39.9 Å². The highest BCUT2D eigenvalue weighted by Crippen LogP contribution is 2.26. The van der Waals surface area contributed by atoms with Crippen LogP contribution in [-0.2, 0) is 6.54 Å². The molecule has 0 amide bonds. The van der Waals surface area contributed by atoms with Crippen molar-refractivity contribution in [3.05, 3.63) is 65.0 Å². The molecule has 0 fully saturated rings. The lowest BCUT2D eigenvalue weighted by Gasteiger charge is -2.09. The van der Waals surface area contributed by atoms with E-state index in [0.29, 0.717) is 0 Å². The van der Waals surface area contributed by atoms with Crippen LogP contribution in [0, 0.1) is 0 Å². The number of para-hydroxylation sites is 2. The first-order valence-electron chi connectivity index (χ1n) is 7.32. The first kappa shape index (κ1) is 14.0. The first-order chi connectivity index (χ1) is 11.3. The zero-order chi connectivity index (χ0) is 15.6. The molecule has 0 aliphatic heterocycles. The number of nitrogens with zero attached hydrogens (tertiary/aromatic N) is 3. The lowest BCUT2D eigenvalue weighted by Crippen LogP contribution is -2.02. The summed E-state index contributed by atoms with van der Waals surface area (Å²) in [6.07, 6.45) is 0. The highest BCUT2D eigenvalue weighted by Gasteiger charge is 2.14. The van der Waals surface area contributed by atoms with Crippen LogP contribution in [0.1, 0.15) is 5.56 Å². The summed E-state index contributed by atoms with van der Waals surface area (Å²) in [5, 5.41) is 2.03. The van der Waals surface area contributed by atoms with Crippen molar-refractivity contribution in [2.75, 3.05) is 7.11 Å². The largest absolute Gasteiger partial charge is 0.497 e. The Morgan fingerprint density at radius 3 is 2.87 bits per heavy atom. The Hall–Kier alpha value is -2.66. The maximum atomic E-state index is 5.33. The normalized spacial score (nSPS) is 11.0. The fourth-order valence-electron chi connectivity index (χ4n) is 2.71. The van der Waals surface area contributed by atoms with Crippen molar-refractivity contribution in [1.29, 1.82) is 0 Å². The molecule has 2 heterocycles. The quantitative estimate of drug-likeness (QED) is 0.565. The first-order valence-corrected chi connectivity index (χ1v) is 8.26. The second kappa shape index (κ2) is 5.85. The van der Waals surface area contributed by atoms with Crippen molar-refractivity contribution < 1.29 is 4.74 Å². The van der Waals surface area contributed by atoms with Crippen LogP contribution in [-0.4, -0.2) is 21.6 Å². The molecular formula is C18H15N3OS. The number of aromatic nitrogens is 3. The van der Waals surface area contributed by atoms with Crippen molar-refractivity contribution in [3.63, 3.8) is 0 Å². The van der Waals surface area contributed by atoms with E-state index in [1.165, 1.54) is 5.56 Å². The molecule has 0 saturated heterocycles. The van der Waals surface area contributed by atoms with E-state index < -0.39 is 0 Å². The van der Waals surface area contributed by atoms with Crippen molar-refractivity contribution in [2.45, 2.75) is 6.54 Å². The molecule has 23 heavy (non-hydrogen) atoms. The zero-order valence-electron chi connectivity index (χ0n) is 12.6. The number of ether oxygens (including phenoxy) is 1. The molecular weight excluding hydrogens is 306 g/mol. The molecule has 4 aromatic rings. The molecule has 2 aromatic heterocycles. The zero-order valence-corrected chi connectivity index (χ0v) is 13.5. The summed E-state index contributed by atoms with van der Waals surface area (Å²) in [5.74, 6) is 1.76. The predicted molar refractivity (Wildman–Crippen MR) is 92.9 cm³/mol. The predicted octanol–water partition coefficient (Wildman–Crippen LogP) is 4.22. The Balaban J connectivity index is 1.85. The molecule has 114 valence electrons. The molecule has 0 spiro atoms. The minimum Gasteiger partial charge on any atom is -0.497 e. The number of thiazole rings is 1. The van der Waals surface area contributed by atoms with E-state index in [1.807, 2.05) is 41.2 Å². The van der Waals surface area contributed by atoms with Crippen molar-refractivity contribution >= 4 is 22.4 Å². The SMILES string of the molecule is COc1cccc(Cn2c(-c3cscn3)nc3ccccc32)c1. The number of fused-ring (bicyclic) bond motifs is 1. The molecule has 4 nitrogen and oxygen atoms in total. The van der Waals surface area contributed by atoms with Gasteiger partial charge in [-0.3, -0.25) is 0 Å². The number of rotatable bonds is 4. The van der Waals surface area contributed by atoms with Gasteiger partial charge in [0, 0.05) is 11.9 Å². The van der Waals surface area contributed by atoms with Gasteiger partial charge >= 0.3 is 0 Å². The van der Waals surface area contributed by atoms with Gasteiger partial charge in [0.25, 0.3) is 0 Å². The van der Waals surface area contributed by atoms with Crippen LogP contribution in [0.25, 0.3) is 22.6 Å². The third kappa shape index (κ3) is 2.59. The molecule has 0 atom stereocenters. The fourth-order valence-corrected chi connectivity index (χ4v) is 3.24. The number of benzene rings is 2. The number of imidazole rings is 1. The maximum absolute atomic E-state index is 5.33. The molecule has 0 aliphatic rings. The van der Waals surface area contributed by atoms with Crippen molar-refractivity contribution in [3.8, 4) is 17.3 Å². The average molecular weight is 321 g/mol. The van der Waals surface area contributed by atoms with Gasteiger partial charge in [0.1, 0.15) is 11.4 Å². The molecule has 0 radical (unpaired) electrons. The number of hydrogen-bond acceptors (Lipinski definition) is 4. The summed E-state index contributed by atoms with van der Waals surface area (Å²) in [6.45, 7) is 0.727. The van der Waals surface area contributed by atoms with Gasteiger partial charge in [-0.2, -0.15) is 0 Å². The Morgan fingerprint density at radius 1 is 1.13 bits per heavy atom. The van der Waals surface area contributed by atoms with Gasteiger partial charge < -0.3 is 9.30 Å². The van der Waals surface area contributed by atoms with Crippen LogP contribution < -0.4 is 4.74 Å². The van der Waals surface area contributed by atoms with Gasteiger partial charge in [0.2, 0.25) is 0 Å². The molecule has 2 aromatic carbocycles. The summed E-state index contributed by atoms with van der Waals surface area (Å²) in [5.41, 5.74) is 6.01. The number of methoxy groups -OCH3 is 1. The highest BCUT2D eigenvalue weighted by molar-refractivity contribution is 7.07. The lowest BCUT2D eigenvalue weighted by molar-refractivity contribution is 0.414. The van der Waals surface area contributed by atoms with Crippen LogP contribution in [0.4, 0.5) is 0 Å². The average Bonchev–Trinajstić information content (AvgIpc) is 3.23. The second-order valence-electron chi connectivity index (χ2n) is 5.24. The van der Waals surface area contributed by atoms with Crippen molar-refractivity contribution in [2.24, 2.45) is 0 Å². The minimum absolute atomic E-state index is 0.727. The van der Waals surface area contributed by atoms with E-state index in [0.717, 1.165) is 34.8 Å². The van der Waals surface area contributed by atoms with Gasteiger partial charge in [-0.1, -0.05) is 24.3 Å². The summed E-state index contributed by atoms with van der Waals surface area (Å²) in [7, 11) is 1.69. The Morgan fingerprint density at radius 2 is 2.04 bits per heavy atom. The van der Waals surface area contributed by atoms with Gasteiger partial charge in [-0.25, -0.2) is 9.97 Å². The van der Waals surface area contributed by atoms with E-state index in [-0.39, 0.29) is 0 Å². The molecule has 0 unspecified atom stereocenters. The van der Waals surface area contributed by atoms with E-state index in [9.17, 15) is 0 Å². The van der Waals surface area contributed by atoms with E-state index in [1.54, 1.807) is 18.4 Å². The van der Waals surface area contributed by atoms with Gasteiger partial charge in [-0.05, 0) is 29.8 Å². The molecule has 0 aliphatic carbocycles. The van der Waals surface area contributed by atoms with Crippen LogP contribution in [0.2, 0.25) is 0 Å². The van der Waals surface area contributed by atoms with Gasteiger partial charge in [0.15, 0.2) is 5.82 Å². The second-order valence-corrected chi connectivity index (χ2v) is 5.95. The summed E-state index contributed by atoms with van der Waals surface area (Å²) in [4.78, 5) is 9.20. The van der Waals surface area contributed by atoms with Crippen LogP contribution in [0.15, 0.2) is 59.4 Å². The van der Waals surface area contributed by atoms with Crippen LogP contribution in [0.3, 0.4) is 0 Å². The Kier molecular flexibility index (Phi) is 3.55. The fraction of sp³-hybridized carbons (Fsp3) is 0.111. The molecule has 4 rings (SSSR count). The van der Waals surface area contributed by atoms with E-state index >= 15 is 0 Å². The van der Waals surface area contributed by atoms with Gasteiger partial charge in [0.05, 0.1) is 23.7 Å². The van der Waals surface area contributed by atoms with E-state index in [2.05, 4.69) is 27.8 Å². The molecule has 0 N–H and O–H groups in total. The monoisotopic (exact) mass is 321 g/mol. The summed E-state index contributed by atoms with van der Waals surface area (Å²) >= 11 is 1.58. The lowest BCUT2D eigenvalue weighted by atomic mass is 10.2. The third-order valence-electron chi connectivity index (χ3n) is 3.79. The van der Waals surface area contributed by atoms with Crippen LogP contribution >= 0.6 is 11.3 Å². The standard InChI is InChI=1S/C18H15N3OS/c1-22-14-6-4-5-13(9-14)10-21-17-8-3-2-7-15(17)20-18(21)16-11-23-12-19-16/h2-9,11-12H,10H2,1H3. The smallest absolute Gasteiger partial charge is 0.160 e. The minimum atomic E-state index is 0.727. The maximum Gasteiger partial charge on any atom is 0.160 e. The summed E-state index contributed by atoms with van der Waals surface area (Å²) in [6, 6.07) is 16.3. The summed E-state index contributed by atoms with van der Waals surface area (Å²) < 4.78 is 7.54. The van der Waals surface area contributed by atoms with Crippen molar-refractivity contribution in [1.82, 2.24) is 14.5 Å².